The van der Waals surface area contributed by atoms with Crippen molar-refractivity contribution in [2.75, 3.05) is 18.5 Å². The van der Waals surface area contributed by atoms with Gasteiger partial charge in [0.25, 0.3) is 0 Å². The van der Waals surface area contributed by atoms with Gasteiger partial charge in [-0.2, -0.15) is 0 Å². The first-order chi connectivity index (χ1) is 7.54. The fourth-order valence-corrected chi connectivity index (χ4v) is 1.91. The van der Waals surface area contributed by atoms with Crippen molar-refractivity contribution in [3.8, 4) is 0 Å². The molecule has 1 aromatic carbocycles. The van der Waals surface area contributed by atoms with E-state index in [1.54, 1.807) is 6.92 Å². The van der Waals surface area contributed by atoms with Gasteiger partial charge in [0.1, 0.15) is 0 Å². The molecule has 0 aliphatic carbocycles. The van der Waals surface area contributed by atoms with Crippen molar-refractivity contribution in [1.29, 1.82) is 0 Å². The molecular formula is C12H19BrN2O. The van der Waals surface area contributed by atoms with Gasteiger partial charge in [0.05, 0.1) is 6.10 Å². The molecule has 0 saturated carbocycles. The molecule has 90 valence electrons. The van der Waals surface area contributed by atoms with Crippen LogP contribution in [0, 0.1) is 0 Å². The highest BCUT2D eigenvalue weighted by Crippen LogP contribution is 2.24. The van der Waals surface area contributed by atoms with Gasteiger partial charge in [0, 0.05) is 30.3 Å². The van der Waals surface area contributed by atoms with Crippen molar-refractivity contribution in [2.45, 2.75) is 26.0 Å². The van der Waals surface area contributed by atoms with Crippen LogP contribution >= 0.6 is 15.9 Å². The average Bonchev–Trinajstić information content (AvgIpc) is 2.25. The smallest absolute Gasteiger partial charge is 0.0528 e. The Bertz CT molecular complexity index is 342. The first-order valence-corrected chi connectivity index (χ1v) is 6.21. The molecule has 1 atom stereocenters. The first-order valence-electron chi connectivity index (χ1n) is 5.42. The van der Waals surface area contributed by atoms with E-state index in [1.807, 2.05) is 19.2 Å². The molecule has 3 N–H and O–H groups in total. The predicted octanol–water partition coefficient (Wildman–Crippen LogP) is 2.11. The third-order valence-corrected chi connectivity index (χ3v) is 3.05. The van der Waals surface area contributed by atoms with E-state index in [0.717, 1.165) is 28.7 Å². The Morgan fingerprint density at radius 2 is 2.19 bits per heavy atom. The number of aliphatic hydroxyl groups excluding tert-OH is 1. The molecule has 1 unspecified atom stereocenters. The molecule has 0 heterocycles. The molecule has 16 heavy (non-hydrogen) atoms. The van der Waals surface area contributed by atoms with Crippen molar-refractivity contribution in [3.63, 3.8) is 0 Å². The van der Waals surface area contributed by atoms with Crippen molar-refractivity contribution in [2.24, 2.45) is 5.73 Å². The van der Waals surface area contributed by atoms with Crippen LogP contribution in [0.2, 0.25) is 0 Å². The number of nitrogens with two attached hydrogens (primary N) is 1. The molecule has 3 nitrogen and oxygen atoms in total. The number of rotatable bonds is 5. The molecule has 4 heteroatoms. The Balaban J connectivity index is 2.80. The Hall–Kier alpha value is -0.580. The number of nitrogens with zero attached hydrogens (tertiary/aromatic N) is 1. The van der Waals surface area contributed by atoms with Crippen molar-refractivity contribution in [3.05, 3.63) is 28.2 Å². The third-order valence-electron chi connectivity index (χ3n) is 2.56. The topological polar surface area (TPSA) is 49.5 Å². The van der Waals surface area contributed by atoms with Gasteiger partial charge in [0.2, 0.25) is 0 Å². The molecular weight excluding hydrogens is 268 g/mol. The summed E-state index contributed by atoms with van der Waals surface area (Å²) in [7, 11) is 2.02. The van der Waals surface area contributed by atoms with E-state index in [-0.39, 0.29) is 6.10 Å². The van der Waals surface area contributed by atoms with Crippen LogP contribution in [0.15, 0.2) is 22.7 Å². The van der Waals surface area contributed by atoms with Gasteiger partial charge < -0.3 is 15.7 Å². The van der Waals surface area contributed by atoms with Gasteiger partial charge in [0.15, 0.2) is 0 Å². The number of aliphatic hydroxyl groups is 1. The summed E-state index contributed by atoms with van der Waals surface area (Å²) in [6.07, 6.45) is 0.489. The zero-order valence-corrected chi connectivity index (χ0v) is 11.4. The minimum absolute atomic E-state index is 0.268. The lowest BCUT2D eigenvalue weighted by Crippen LogP contribution is -2.23. The van der Waals surface area contributed by atoms with Crippen LogP contribution in [0.4, 0.5) is 5.69 Å². The summed E-state index contributed by atoms with van der Waals surface area (Å²) in [5.41, 5.74) is 7.95. The van der Waals surface area contributed by atoms with Crippen LogP contribution in [0.25, 0.3) is 0 Å². The van der Waals surface area contributed by atoms with E-state index >= 15 is 0 Å². The molecule has 0 saturated heterocycles. The van der Waals surface area contributed by atoms with Crippen LogP contribution in [0.1, 0.15) is 18.9 Å². The first kappa shape index (κ1) is 13.5. The van der Waals surface area contributed by atoms with Crippen molar-refractivity contribution in [1.82, 2.24) is 0 Å². The van der Waals surface area contributed by atoms with Gasteiger partial charge in [-0.1, -0.05) is 22.0 Å². The normalized spacial score (nSPS) is 12.6. The Kier molecular flexibility index (Phi) is 5.25. The monoisotopic (exact) mass is 286 g/mol. The Labute approximate surface area is 105 Å². The minimum atomic E-state index is -0.268. The molecule has 1 rings (SSSR count). The molecule has 0 bridgehead atoms. The van der Waals surface area contributed by atoms with Crippen molar-refractivity contribution < 1.29 is 5.11 Å². The van der Waals surface area contributed by atoms with Crippen LogP contribution < -0.4 is 10.6 Å². The second kappa shape index (κ2) is 6.23. The van der Waals surface area contributed by atoms with Gasteiger partial charge in [-0.3, -0.25) is 0 Å². The van der Waals surface area contributed by atoms with Gasteiger partial charge in [-0.05, 0) is 31.0 Å². The van der Waals surface area contributed by atoms with Crippen LogP contribution in [0.3, 0.4) is 0 Å². The number of halogens is 1. The van der Waals surface area contributed by atoms with Crippen LogP contribution in [-0.2, 0) is 6.54 Å². The zero-order valence-electron chi connectivity index (χ0n) is 9.78. The van der Waals surface area contributed by atoms with Crippen LogP contribution in [-0.4, -0.2) is 24.8 Å². The maximum atomic E-state index is 9.27. The summed E-state index contributed by atoms with van der Waals surface area (Å²) in [6, 6.07) is 6.08. The summed E-state index contributed by atoms with van der Waals surface area (Å²) in [5, 5.41) is 9.27. The number of benzene rings is 1. The highest BCUT2D eigenvalue weighted by atomic mass is 79.9. The van der Waals surface area contributed by atoms with E-state index < -0.39 is 0 Å². The van der Waals surface area contributed by atoms with Crippen molar-refractivity contribution >= 4 is 21.6 Å². The second-order valence-corrected chi connectivity index (χ2v) is 4.95. The Morgan fingerprint density at radius 1 is 1.50 bits per heavy atom. The number of hydrogen-bond donors (Lipinski definition) is 2. The predicted molar refractivity (Wildman–Crippen MR) is 71.6 cm³/mol. The average molecular weight is 287 g/mol. The lowest BCUT2D eigenvalue weighted by atomic mass is 10.1. The largest absolute Gasteiger partial charge is 0.393 e. The lowest BCUT2D eigenvalue weighted by Gasteiger charge is -2.23. The van der Waals surface area contributed by atoms with Gasteiger partial charge in [-0.25, -0.2) is 0 Å². The molecule has 1 aromatic rings. The molecule has 0 aromatic heterocycles. The molecule has 0 aliphatic rings. The van der Waals surface area contributed by atoms with Gasteiger partial charge in [-0.15, -0.1) is 0 Å². The quantitative estimate of drug-likeness (QED) is 0.872. The minimum Gasteiger partial charge on any atom is -0.393 e. The summed E-state index contributed by atoms with van der Waals surface area (Å²) in [5.74, 6) is 0. The third kappa shape index (κ3) is 3.77. The maximum Gasteiger partial charge on any atom is 0.0528 e. The van der Waals surface area contributed by atoms with E-state index in [9.17, 15) is 5.11 Å². The zero-order chi connectivity index (χ0) is 12.1. The van der Waals surface area contributed by atoms with Crippen LogP contribution in [0.5, 0.6) is 0 Å². The summed E-state index contributed by atoms with van der Waals surface area (Å²) in [6.45, 7) is 3.15. The summed E-state index contributed by atoms with van der Waals surface area (Å²) < 4.78 is 1.04. The SMILES string of the molecule is CC(O)CCN(C)c1cc(Br)ccc1CN. The lowest BCUT2D eigenvalue weighted by molar-refractivity contribution is 0.187. The standard InChI is InChI=1S/C12H19BrN2O/c1-9(16)5-6-15(2)12-7-11(13)4-3-10(12)8-14/h3-4,7,9,16H,5-6,8,14H2,1-2H3. The van der Waals surface area contributed by atoms with Gasteiger partial charge >= 0.3 is 0 Å². The molecule has 0 aliphatic heterocycles. The summed E-state index contributed by atoms with van der Waals surface area (Å²) >= 11 is 3.46. The fourth-order valence-electron chi connectivity index (χ4n) is 1.57. The number of anilines is 1. The molecule has 0 radical (unpaired) electrons. The summed E-state index contributed by atoms with van der Waals surface area (Å²) in [4.78, 5) is 2.12. The molecule has 0 spiro atoms. The fraction of sp³-hybridized carbons (Fsp3) is 0.500. The highest BCUT2D eigenvalue weighted by molar-refractivity contribution is 9.10. The molecule has 0 amide bonds. The van der Waals surface area contributed by atoms with E-state index in [0.29, 0.717) is 6.54 Å². The highest BCUT2D eigenvalue weighted by Gasteiger charge is 2.08. The Morgan fingerprint density at radius 3 is 2.75 bits per heavy atom. The van der Waals surface area contributed by atoms with E-state index in [4.69, 9.17) is 5.73 Å². The maximum absolute atomic E-state index is 9.27. The van der Waals surface area contributed by atoms with E-state index in [2.05, 4.69) is 26.9 Å². The second-order valence-electron chi connectivity index (χ2n) is 4.04. The number of hydrogen-bond acceptors (Lipinski definition) is 3. The van der Waals surface area contributed by atoms with E-state index in [1.165, 1.54) is 0 Å². The molecule has 0 fully saturated rings.